The van der Waals surface area contributed by atoms with Gasteiger partial charge in [-0.05, 0) is 49.7 Å². The molecular formula is C27H24N4OS. The molecule has 5 rings (SSSR count). The molecule has 0 aliphatic rings. The summed E-state index contributed by atoms with van der Waals surface area (Å²) in [6, 6.07) is 25.1. The Balaban J connectivity index is 1.37. The van der Waals surface area contributed by atoms with Crippen LogP contribution < -0.4 is 0 Å². The van der Waals surface area contributed by atoms with E-state index < -0.39 is 0 Å². The highest BCUT2D eigenvalue weighted by Crippen LogP contribution is 2.30. The fourth-order valence-corrected chi connectivity index (χ4v) is 4.64. The van der Waals surface area contributed by atoms with Crippen molar-refractivity contribution in [2.24, 2.45) is 0 Å². The van der Waals surface area contributed by atoms with Gasteiger partial charge in [0.1, 0.15) is 0 Å². The minimum atomic E-state index is 0.633. The lowest BCUT2D eigenvalue weighted by molar-refractivity contribution is 0.391. The molecule has 3 heterocycles. The van der Waals surface area contributed by atoms with Crippen molar-refractivity contribution in [2.75, 3.05) is 0 Å². The Morgan fingerprint density at radius 3 is 2.39 bits per heavy atom. The average Bonchev–Trinajstić information content (AvgIpc) is 3.48. The molecule has 0 saturated carbocycles. The summed E-state index contributed by atoms with van der Waals surface area (Å²) in [6.45, 7) is 4.21. The van der Waals surface area contributed by atoms with Crippen LogP contribution in [0.1, 0.15) is 22.7 Å². The maximum absolute atomic E-state index is 5.50. The van der Waals surface area contributed by atoms with Crippen molar-refractivity contribution in [3.63, 3.8) is 0 Å². The van der Waals surface area contributed by atoms with Crippen molar-refractivity contribution < 1.29 is 4.52 Å². The van der Waals surface area contributed by atoms with Gasteiger partial charge in [-0.2, -0.15) is 4.98 Å². The summed E-state index contributed by atoms with van der Waals surface area (Å²) in [7, 11) is 0. The third kappa shape index (κ3) is 4.61. The number of para-hydroxylation sites is 1. The van der Waals surface area contributed by atoms with E-state index in [1.807, 2.05) is 36.7 Å². The van der Waals surface area contributed by atoms with Crippen LogP contribution in [0.3, 0.4) is 0 Å². The van der Waals surface area contributed by atoms with E-state index in [9.17, 15) is 0 Å². The molecule has 5 nitrogen and oxygen atoms in total. The van der Waals surface area contributed by atoms with Gasteiger partial charge in [-0.25, -0.2) is 0 Å². The largest absolute Gasteiger partial charge is 0.338 e. The first-order chi connectivity index (χ1) is 16.2. The SMILES string of the molecule is Cc1ccc(-c2noc(CSCc3ccc(-c4ccncc4)n3-c3ccccc3C)n2)cc1. The van der Waals surface area contributed by atoms with Crippen molar-refractivity contribution in [3.8, 4) is 28.3 Å². The van der Waals surface area contributed by atoms with Crippen molar-refractivity contribution in [1.29, 1.82) is 0 Å². The molecule has 5 aromatic rings. The molecule has 0 unspecified atom stereocenters. The third-order valence-electron chi connectivity index (χ3n) is 5.55. The lowest BCUT2D eigenvalue weighted by Crippen LogP contribution is -2.03. The molecule has 0 aliphatic heterocycles. The molecule has 0 fully saturated rings. The molecular weight excluding hydrogens is 428 g/mol. The highest BCUT2D eigenvalue weighted by molar-refractivity contribution is 7.97. The highest BCUT2D eigenvalue weighted by Gasteiger charge is 2.15. The summed E-state index contributed by atoms with van der Waals surface area (Å²) in [5, 5.41) is 4.15. The maximum Gasteiger partial charge on any atom is 0.236 e. The van der Waals surface area contributed by atoms with E-state index >= 15 is 0 Å². The summed E-state index contributed by atoms with van der Waals surface area (Å²) < 4.78 is 7.84. The van der Waals surface area contributed by atoms with Gasteiger partial charge >= 0.3 is 0 Å². The van der Waals surface area contributed by atoms with Crippen LogP contribution >= 0.6 is 11.8 Å². The second-order valence-electron chi connectivity index (χ2n) is 7.94. The first-order valence-corrected chi connectivity index (χ1v) is 12.0. The van der Waals surface area contributed by atoms with Gasteiger partial charge in [0, 0.05) is 40.7 Å². The molecule has 0 saturated heterocycles. The lowest BCUT2D eigenvalue weighted by atomic mass is 10.1. The van der Waals surface area contributed by atoms with Crippen LogP contribution in [0.25, 0.3) is 28.3 Å². The molecule has 0 atom stereocenters. The van der Waals surface area contributed by atoms with Gasteiger partial charge in [-0.1, -0.05) is 53.2 Å². The van der Waals surface area contributed by atoms with Gasteiger partial charge in [-0.3, -0.25) is 4.98 Å². The van der Waals surface area contributed by atoms with Crippen LogP contribution in [0.15, 0.2) is 89.7 Å². The summed E-state index contributed by atoms with van der Waals surface area (Å²) in [5.74, 6) is 2.75. The van der Waals surface area contributed by atoms with Gasteiger partial charge in [0.2, 0.25) is 11.7 Å². The number of rotatable bonds is 7. The zero-order valence-corrected chi connectivity index (χ0v) is 19.4. The van der Waals surface area contributed by atoms with Crippen molar-refractivity contribution >= 4 is 11.8 Å². The second-order valence-corrected chi connectivity index (χ2v) is 8.92. The standard InChI is InChI=1S/C27H24N4OS/c1-19-7-9-22(10-8-19)27-29-26(32-30-27)18-33-17-23-11-12-25(21-13-15-28-16-14-21)31(23)24-6-4-3-5-20(24)2/h3-16H,17-18H2,1-2H3. The number of hydrogen-bond donors (Lipinski definition) is 0. The van der Waals surface area contributed by atoms with E-state index in [2.05, 4.69) is 82.1 Å². The molecule has 0 spiro atoms. The van der Waals surface area contributed by atoms with Crippen LogP contribution in [-0.4, -0.2) is 19.7 Å². The van der Waals surface area contributed by atoms with Gasteiger partial charge in [-0.15, -0.1) is 11.8 Å². The fraction of sp³-hybridized carbons (Fsp3) is 0.148. The van der Waals surface area contributed by atoms with Gasteiger partial charge in [0.25, 0.3) is 0 Å². The normalized spacial score (nSPS) is 11.1. The minimum absolute atomic E-state index is 0.633. The van der Waals surface area contributed by atoms with E-state index in [-0.39, 0.29) is 0 Å². The molecule has 3 aromatic heterocycles. The summed E-state index contributed by atoms with van der Waals surface area (Å²) in [5.41, 5.74) is 8.11. The summed E-state index contributed by atoms with van der Waals surface area (Å²) >= 11 is 1.76. The molecule has 0 amide bonds. The van der Waals surface area contributed by atoms with Crippen molar-refractivity contribution in [1.82, 2.24) is 19.7 Å². The van der Waals surface area contributed by atoms with Crippen LogP contribution in [0.5, 0.6) is 0 Å². The van der Waals surface area contributed by atoms with E-state index in [1.165, 1.54) is 22.5 Å². The Bertz CT molecular complexity index is 1360. The van der Waals surface area contributed by atoms with Crippen LogP contribution in [-0.2, 0) is 11.5 Å². The lowest BCUT2D eigenvalue weighted by Gasteiger charge is -2.16. The van der Waals surface area contributed by atoms with Gasteiger partial charge in [0.05, 0.1) is 11.4 Å². The average molecular weight is 453 g/mol. The Morgan fingerprint density at radius 2 is 1.61 bits per heavy atom. The molecule has 6 heteroatoms. The summed E-state index contributed by atoms with van der Waals surface area (Å²) in [6.07, 6.45) is 3.67. The zero-order valence-electron chi connectivity index (χ0n) is 18.6. The fourth-order valence-electron chi connectivity index (χ4n) is 3.81. The van der Waals surface area contributed by atoms with E-state index in [1.54, 1.807) is 11.8 Å². The van der Waals surface area contributed by atoms with E-state index in [4.69, 9.17) is 4.52 Å². The quantitative estimate of drug-likeness (QED) is 0.277. The Morgan fingerprint density at radius 1 is 0.818 bits per heavy atom. The monoisotopic (exact) mass is 452 g/mol. The first-order valence-electron chi connectivity index (χ1n) is 10.8. The number of aryl methyl sites for hydroxylation is 2. The Labute approximate surface area is 197 Å². The molecule has 0 bridgehead atoms. The molecule has 0 aliphatic carbocycles. The molecule has 2 aromatic carbocycles. The van der Waals surface area contributed by atoms with Crippen molar-refractivity contribution in [2.45, 2.75) is 25.4 Å². The van der Waals surface area contributed by atoms with Gasteiger partial charge < -0.3 is 9.09 Å². The number of pyridine rings is 1. The third-order valence-corrected chi connectivity index (χ3v) is 6.50. The first kappa shape index (κ1) is 21.2. The predicted octanol–water partition coefficient (Wildman–Crippen LogP) is 6.64. The zero-order chi connectivity index (χ0) is 22.6. The topological polar surface area (TPSA) is 56.7 Å². The molecule has 0 N–H and O–H groups in total. The van der Waals surface area contributed by atoms with Crippen LogP contribution in [0, 0.1) is 13.8 Å². The van der Waals surface area contributed by atoms with Crippen molar-refractivity contribution in [3.05, 3.63) is 108 Å². The van der Waals surface area contributed by atoms with E-state index in [0.29, 0.717) is 17.5 Å². The smallest absolute Gasteiger partial charge is 0.236 e. The number of aromatic nitrogens is 4. The number of benzene rings is 2. The van der Waals surface area contributed by atoms with Crippen LogP contribution in [0.4, 0.5) is 0 Å². The highest BCUT2D eigenvalue weighted by atomic mass is 32.2. The maximum atomic E-state index is 5.50. The molecule has 33 heavy (non-hydrogen) atoms. The van der Waals surface area contributed by atoms with E-state index in [0.717, 1.165) is 22.6 Å². The summed E-state index contributed by atoms with van der Waals surface area (Å²) in [4.78, 5) is 8.75. The van der Waals surface area contributed by atoms with Gasteiger partial charge in [0.15, 0.2) is 0 Å². The van der Waals surface area contributed by atoms with Crippen LogP contribution in [0.2, 0.25) is 0 Å². The molecule has 0 radical (unpaired) electrons. The molecule has 164 valence electrons. The Hall–Kier alpha value is -3.64. The second kappa shape index (κ2) is 9.46. The minimum Gasteiger partial charge on any atom is -0.338 e. The Kier molecular flexibility index (Phi) is 6.09. The number of hydrogen-bond acceptors (Lipinski definition) is 5. The number of thioether (sulfide) groups is 1. The number of nitrogens with zero attached hydrogens (tertiary/aromatic N) is 4. The predicted molar refractivity (Wildman–Crippen MR) is 133 cm³/mol.